The topological polar surface area (TPSA) is 88.9 Å². The molecule has 2 aromatic rings. The summed E-state index contributed by atoms with van der Waals surface area (Å²) in [5.74, 6) is 0.999. The standard InChI is InChI=1S/C24H33Cl2N5O2S/c1-4-31-22(29-30-24(31)34-14-21(32)27-17-8-6-5-7-9-17)20(12-15(2)3)28-23(33)18-11-10-16(25)13-19(18)26/h10-11,13,15,17,20H,4-9,12,14H2,1-3H3,(H,27,32)(H,28,33)/t20-/m0/s1. The molecule has 1 aromatic carbocycles. The van der Waals surface area contributed by atoms with Gasteiger partial charge in [-0.05, 0) is 50.3 Å². The molecular weight excluding hydrogens is 493 g/mol. The fourth-order valence-electron chi connectivity index (χ4n) is 4.22. The van der Waals surface area contributed by atoms with Crippen LogP contribution in [0.3, 0.4) is 0 Å². The molecule has 0 radical (unpaired) electrons. The second-order valence-electron chi connectivity index (χ2n) is 9.06. The van der Waals surface area contributed by atoms with Gasteiger partial charge in [0.2, 0.25) is 5.91 Å². The number of benzene rings is 1. The molecule has 0 unspecified atom stereocenters. The molecule has 1 aromatic heterocycles. The predicted octanol–water partition coefficient (Wildman–Crippen LogP) is 5.66. The third-order valence-electron chi connectivity index (χ3n) is 5.86. The summed E-state index contributed by atoms with van der Waals surface area (Å²) < 4.78 is 1.97. The zero-order valence-electron chi connectivity index (χ0n) is 19.9. The minimum atomic E-state index is -0.350. The van der Waals surface area contributed by atoms with Gasteiger partial charge in [-0.3, -0.25) is 9.59 Å². The van der Waals surface area contributed by atoms with E-state index in [0.29, 0.717) is 45.5 Å². The molecule has 1 aliphatic carbocycles. The zero-order chi connectivity index (χ0) is 24.7. The Morgan fingerprint density at radius 1 is 1.18 bits per heavy atom. The van der Waals surface area contributed by atoms with E-state index in [0.717, 1.165) is 12.8 Å². The van der Waals surface area contributed by atoms with E-state index >= 15 is 0 Å². The maximum atomic E-state index is 13.0. The summed E-state index contributed by atoms with van der Waals surface area (Å²) in [6.07, 6.45) is 6.40. The lowest BCUT2D eigenvalue weighted by Gasteiger charge is -2.22. The molecule has 0 bridgehead atoms. The third kappa shape index (κ3) is 7.36. The first-order valence-electron chi connectivity index (χ1n) is 11.9. The van der Waals surface area contributed by atoms with Crippen LogP contribution in [0.1, 0.15) is 81.5 Å². The average molecular weight is 527 g/mol. The highest BCUT2D eigenvalue weighted by Gasteiger charge is 2.25. The van der Waals surface area contributed by atoms with Gasteiger partial charge in [0, 0.05) is 17.6 Å². The van der Waals surface area contributed by atoms with Gasteiger partial charge in [0.15, 0.2) is 11.0 Å². The molecule has 3 rings (SSSR count). The van der Waals surface area contributed by atoms with Gasteiger partial charge in [-0.2, -0.15) is 0 Å². The summed E-state index contributed by atoms with van der Waals surface area (Å²) in [7, 11) is 0. The molecule has 1 aliphatic rings. The Morgan fingerprint density at radius 3 is 2.56 bits per heavy atom. The van der Waals surface area contributed by atoms with Gasteiger partial charge in [-0.25, -0.2) is 0 Å². The molecule has 1 saturated carbocycles. The van der Waals surface area contributed by atoms with E-state index in [-0.39, 0.29) is 29.7 Å². The molecule has 1 heterocycles. The second-order valence-corrected chi connectivity index (χ2v) is 10.8. The van der Waals surface area contributed by atoms with Crippen LogP contribution in [0.25, 0.3) is 0 Å². The molecule has 10 heteroatoms. The number of hydrogen-bond acceptors (Lipinski definition) is 5. The number of amides is 2. The molecule has 186 valence electrons. The van der Waals surface area contributed by atoms with Gasteiger partial charge in [0.05, 0.1) is 22.4 Å². The van der Waals surface area contributed by atoms with E-state index in [4.69, 9.17) is 23.2 Å². The van der Waals surface area contributed by atoms with Gasteiger partial charge in [0.25, 0.3) is 5.91 Å². The van der Waals surface area contributed by atoms with E-state index in [1.54, 1.807) is 18.2 Å². The molecule has 0 spiro atoms. The summed E-state index contributed by atoms with van der Waals surface area (Å²) >= 11 is 13.6. The number of nitrogens with zero attached hydrogens (tertiary/aromatic N) is 3. The molecule has 2 N–H and O–H groups in total. The van der Waals surface area contributed by atoms with Crippen molar-refractivity contribution in [3.8, 4) is 0 Å². The second kappa shape index (κ2) is 12.8. The van der Waals surface area contributed by atoms with Gasteiger partial charge < -0.3 is 15.2 Å². The number of hydrogen-bond donors (Lipinski definition) is 2. The lowest BCUT2D eigenvalue weighted by molar-refractivity contribution is -0.119. The first kappa shape index (κ1) is 26.8. The van der Waals surface area contributed by atoms with Crippen molar-refractivity contribution in [2.24, 2.45) is 5.92 Å². The summed E-state index contributed by atoms with van der Waals surface area (Å²) in [6.45, 7) is 6.81. The Morgan fingerprint density at radius 2 is 1.91 bits per heavy atom. The number of carbonyl (C=O) groups is 2. The molecule has 7 nitrogen and oxygen atoms in total. The van der Waals surface area contributed by atoms with Crippen LogP contribution in [0, 0.1) is 5.92 Å². The Kier molecular flexibility index (Phi) is 10.1. The predicted molar refractivity (Wildman–Crippen MR) is 138 cm³/mol. The fourth-order valence-corrected chi connectivity index (χ4v) is 5.53. The molecule has 34 heavy (non-hydrogen) atoms. The van der Waals surface area contributed by atoms with E-state index < -0.39 is 0 Å². The van der Waals surface area contributed by atoms with Crippen molar-refractivity contribution in [1.82, 2.24) is 25.4 Å². The first-order chi connectivity index (χ1) is 16.3. The number of carbonyl (C=O) groups excluding carboxylic acids is 2. The number of rotatable bonds is 10. The van der Waals surface area contributed by atoms with Crippen molar-refractivity contribution in [3.63, 3.8) is 0 Å². The van der Waals surface area contributed by atoms with E-state index in [1.165, 1.54) is 31.0 Å². The Labute approximate surface area is 215 Å². The van der Waals surface area contributed by atoms with Crippen LogP contribution < -0.4 is 10.6 Å². The van der Waals surface area contributed by atoms with Crippen molar-refractivity contribution < 1.29 is 9.59 Å². The molecule has 0 aliphatic heterocycles. The molecule has 2 amide bonds. The Balaban J connectivity index is 1.71. The zero-order valence-corrected chi connectivity index (χ0v) is 22.3. The minimum absolute atomic E-state index is 0.0218. The Bertz CT molecular complexity index is 992. The van der Waals surface area contributed by atoms with Crippen LogP contribution in [0.4, 0.5) is 0 Å². The number of thioether (sulfide) groups is 1. The van der Waals surface area contributed by atoms with Crippen molar-refractivity contribution in [1.29, 1.82) is 0 Å². The highest BCUT2D eigenvalue weighted by molar-refractivity contribution is 7.99. The summed E-state index contributed by atoms with van der Waals surface area (Å²) in [4.78, 5) is 25.5. The fraction of sp³-hybridized carbons (Fsp3) is 0.583. The average Bonchev–Trinajstić information content (AvgIpc) is 3.20. The van der Waals surface area contributed by atoms with Crippen LogP contribution in [0.15, 0.2) is 23.4 Å². The smallest absolute Gasteiger partial charge is 0.253 e. The van der Waals surface area contributed by atoms with Crippen molar-refractivity contribution in [2.45, 2.75) is 83.1 Å². The third-order valence-corrected chi connectivity index (χ3v) is 7.38. The highest BCUT2D eigenvalue weighted by atomic mass is 35.5. The molecular formula is C24H33Cl2N5O2S. The number of nitrogens with one attached hydrogen (secondary N) is 2. The van der Waals surface area contributed by atoms with Crippen LogP contribution >= 0.6 is 35.0 Å². The largest absolute Gasteiger partial charge is 0.353 e. The van der Waals surface area contributed by atoms with Crippen molar-refractivity contribution in [3.05, 3.63) is 39.6 Å². The van der Waals surface area contributed by atoms with Crippen LogP contribution in [0.2, 0.25) is 10.0 Å². The SMILES string of the molecule is CCn1c(SCC(=O)NC2CCCCC2)nnc1[C@H](CC(C)C)NC(=O)c1ccc(Cl)cc1Cl. The normalized spacial score (nSPS) is 15.4. The number of halogens is 2. The summed E-state index contributed by atoms with van der Waals surface area (Å²) in [6, 6.07) is 4.74. The van der Waals surface area contributed by atoms with Gasteiger partial charge >= 0.3 is 0 Å². The number of aromatic nitrogens is 3. The maximum Gasteiger partial charge on any atom is 0.253 e. The van der Waals surface area contributed by atoms with Gasteiger partial charge in [-0.15, -0.1) is 10.2 Å². The quantitative estimate of drug-likeness (QED) is 0.390. The molecule has 0 saturated heterocycles. The minimum Gasteiger partial charge on any atom is -0.353 e. The first-order valence-corrected chi connectivity index (χ1v) is 13.6. The monoisotopic (exact) mass is 525 g/mol. The van der Waals surface area contributed by atoms with Gasteiger partial charge in [-0.1, -0.05) is 68.1 Å². The lowest BCUT2D eigenvalue weighted by Crippen LogP contribution is -2.37. The lowest BCUT2D eigenvalue weighted by atomic mass is 9.95. The molecule has 1 atom stereocenters. The van der Waals surface area contributed by atoms with Crippen molar-refractivity contribution in [2.75, 3.05) is 5.75 Å². The van der Waals surface area contributed by atoms with E-state index in [1.807, 2.05) is 11.5 Å². The highest BCUT2D eigenvalue weighted by Crippen LogP contribution is 2.27. The maximum absolute atomic E-state index is 13.0. The van der Waals surface area contributed by atoms with E-state index in [2.05, 4.69) is 34.7 Å². The summed E-state index contributed by atoms with van der Waals surface area (Å²) in [5.41, 5.74) is 0.358. The van der Waals surface area contributed by atoms with Gasteiger partial charge in [0.1, 0.15) is 0 Å². The van der Waals surface area contributed by atoms with Crippen LogP contribution in [-0.2, 0) is 11.3 Å². The van der Waals surface area contributed by atoms with E-state index in [9.17, 15) is 9.59 Å². The molecule has 1 fully saturated rings. The summed E-state index contributed by atoms with van der Waals surface area (Å²) in [5, 5.41) is 16.4. The van der Waals surface area contributed by atoms with Crippen molar-refractivity contribution >= 4 is 46.8 Å². The van der Waals surface area contributed by atoms with Crippen LogP contribution in [0.5, 0.6) is 0 Å². The Hall–Kier alpha value is -1.77. The van der Waals surface area contributed by atoms with Crippen LogP contribution in [-0.4, -0.2) is 38.4 Å².